The highest BCUT2D eigenvalue weighted by Crippen LogP contribution is 2.40. The summed E-state index contributed by atoms with van der Waals surface area (Å²) in [7, 11) is 0. The van der Waals surface area contributed by atoms with Crippen molar-refractivity contribution in [3.05, 3.63) is 89.1 Å². The maximum absolute atomic E-state index is 13.0. The Labute approximate surface area is 186 Å². The van der Waals surface area contributed by atoms with Crippen LogP contribution < -0.4 is 4.74 Å². The van der Waals surface area contributed by atoms with E-state index in [1.54, 1.807) is 61.8 Å². The Hall–Kier alpha value is -3.87. The van der Waals surface area contributed by atoms with Gasteiger partial charge in [0.15, 0.2) is 0 Å². The molecule has 2 aromatic heterocycles. The number of benzene rings is 1. The number of Topliss-reactive ketones (excluding diaryl/α,β-unsaturated/α-hetero) is 1. The number of pyridine rings is 1. The maximum Gasteiger partial charge on any atom is 0.296 e. The number of ketones is 1. The zero-order chi connectivity index (χ0) is 22.7. The molecule has 3 heterocycles. The lowest BCUT2D eigenvalue weighted by molar-refractivity contribution is -0.140. The average Bonchev–Trinajstić information content (AvgIpc) is 3.34. The fourth-order valence-corrected chi connectivity index (χ4v) is 3.71. The zero-order valence-corrected chi connectivity index (χ0v) is 17.9. The van der Waals surface area contributed by atoms with Crippen LogP contribution in [0.25, 0.3) is 5.76 Å². The maximum atomic E-state index is 13.0. The van der Waals surface area contributed by atoms with Gasteiger partial charge in [0.2, 0.25) is 0 Å². The second-order valence-corrected chi connectivity index (χ2v) is 7.61. The summed E-state index contributed by atoms with van der Waals surface area (Å²) in [6, 6.07) is 13.0. The first kappa shape index (κ1) is 21.4. The van der Waals surface area contributed by atoms with E-state index in [0.29, 0.717) is 29.4 Å². The van der Waals surface area contributed by atoms with E-state index in [2.05, 4.69) is 4.98 Å². The number of ether oxygens (including phenoxy) is 1. The third kappa shape index (κ3) is 4.14. The molecule has 32 heavy (non-hydrogen) atoms. The molecule has 1 atom stereocenters. The molecule has 1 amide bonds. The first-order valence-corrected chi connectivity index (χ1v) is 10.5. The minimum Gasteiger partial charge on any atom is -0.507 e. The molecule has 3 aromatic rings. The minimum atomic E-state index is -0.847. The van der Waals surface area contributed by atoms with E-state index in [1.807, 2.05) is 13.0 Å². The van der Waals surface area contributed by atoms with Gasteiger partial charge < -0.3 is 19.2 Å². The Balaban J connectivity index is 1.76. The summed E-state index contributed by atoms with van der Waals surface area (Å²) in [5.41, 5.74) is 1.18. The third-order valence-corrected chi connectivity index (χ3v) is 5.25. The summed E-state index contributed by atoms with van der Waals surface area (Å²) in [5, 5.41) is 11.1. The highest BCUT2D eigenvalue weighted by atomic mass is 16.5. The number of nitrogens with zero attached hydrogens (tertiary/aromatic N) is 2. The van der Waals surface area contributed by atoms with E-state index in [4.69, 9.17) is 9.15 Å². The third-order valence-electron chi connectivity index (χ3n) is 5.25. The molecule has 0 radical (unpaired) electrons. The van der Waals surface area contributed by atoms with Crippen LogP contribution in [0.3, 0.4) is 0 Å². The molecule has 7 heteroatoms. The SMILES string of the molecule is CCCOc1ccc(/C(O)=C2/C(=O)C(=O)N(Cc3cccnc3)C2c2ccc(C)o2)cc1. The molecular weight excluding hydrogens is 408 g/mol. The second-order valence-electron chi connectivity index (χ2n) is 7.61. The predicted octanol–water partition coefficient (Wildman–Crippen LogP) is 4.39. The Morgan fingerprint density at radius 2 is 1.94 bits per heavy atom. The molecule has 0 saturated carbocycles. The molecule has 1 unspecified atom stereocenters. The van der Waals surface area contributed by atoms with Crippen LogP contribution in [0.2, 0.25) is 0 Å². The zero-order valence-electron chi connectivity index (χ0n) is 17.9. The van der Waals surface area contributed by atoms with Crippen LogP contribution in [0.1, 0.15) is 42.0 Å². The molecular formula is C25H24N2O5. The summed E-state index contributed by atoms with van der Waals surface area (Å²) in [6.07, 6.45) is 4.16. The quantitative estimate of drug-likeness (QED) is 0.338. The summed E-state index contributed by atoms with van der Waals surface area (Å²) in [4.78, 5) is 31.5. The Bertz CT molecular complexity index is 1150. The van der Waals surface area contributed by atoms with Crippen molar-refractivity contribution in [1.82, 2.24) is 9.88 Å². The Kier molecular flexibility index (Phi) is 6.07. The molecule has 4 rings (SSSR count). The van der Waals surface area contributed by atoms with Crippen LogP contribution in [0.5, 0.6) is 5.75 Å². The molecule has 1 saturated heterocycles. The standard InChI is InChI=1S/C25H24N2O5/c1-3-13-31-19-9-7-18(8-10-19)23(28)21-22(20-11-6-16(2)32-20)27(25(30)24(21)29)15-17-5-4-12-26-14-17/h4-12,14,22,28H,3,13,15H2,1-2H3/b23-21-. The fourth-order valence-electron chi connectivity index (χ4n) is 3.71. The van der Waals surface area contributed by atoms with Gasteiger partial charge in [-0.2, -0.15) is 0 Å². The average molecular weight is 432 g/mol. The van der Waals surface area contributed by atoms with E-state index < -0.39 is 17.7 Å². The van der Waals surface area contributed by atoms with Crippen molar-refractivity contribution in [3.8, 4) is 5.75 Å². The molecule has 0 spiro atoms. The van der Waals surface area contributed by atoms with Crippen LogP contribution in [0, 0.1) is 6.92 Å². The number of aliphatic hydroxyl groups is 1. The number of rotatable bonds is 7. The highest BCUT2D eigenvalue weighted by Gasteiger charge is 2.47. The van der Waals surface area contributed by atoms with Crippen LogP contribution in [0.15, 0.2) is 70.9 Å². The van der Waals surface area contributed by atoms with E-state index in [9.17, 15) is 14.7 Å². The number of carbonyl (C=O) groups is 2. The fraction of sp³-hybridized carbons (Fsp3) is 0.240. The highest BCUT2D eigenvalue weighted by molar-refractivity contribution is 6.46. The molecule has 1 aliphatic heterocycles. The van der Waals surface area contributed by atoms with Gasteiger partial charge in [0.05, 0.1) is 12.2 Å². The number of hydrogen-bond acceptors (Lipinski definition) is 6. The van der Waals surface area contributed by atoms with Crippen molar-refractivity contribution in [2.45, 2.75) is 32.9 Å². The topological polar surface area (TPSA) is 92.9 Å². The Morgan fingerprint density at radius 3 is 2.56 bits per heavy atom. The molecule has 7 nitrogen and oxygen atoms in total. The van der Waals surface area contributed by atoms with Crippen molar-refractivity contribution >= 4 is 17.4 Å². The number of likely N-dealkylation sites (tertiary alicyclic amines) is 1. The normalized spacial score (nSPS) is 17.7. The predicted molar refractivity (Wildman–Crippen MR) is 118 cm³/mol. The summed E-state index contributed by atoms with van der Waals surface area (Å²) < 4.78 is 11.4. The molecule has 164 valence electrons. The van der Waals surface area contributed by atoms with Crippen LogP contribution in [-0.2, 0) is 16.1 Å². The van der Waals surface area contributed by atoms with Gasteiger partial charge in [-0.15, -0.1) is 0 Å². The number of aromatic nitrogens is 1. The van der Waals surface area contributed by atoms with Gasteiger partial charge >= 0.3 is 0 Å². The number of aliphatic hydroxyl groups excluding tert-OH is 1. The van der Waals surface area contributed by atoms with Crippen molar-refractivity contribution in [3.63, 3.8) is 0 Å². The number of hydrogen-bond donors (Lipinski definition) is 1. The number of amides is 1. The molecule has 1 N–H and O–H groups in total. The van der Waals surface area contributed by atoms with Crippen LogP contribution in [0.4, 0.5) is 0 Å². The molecule has 1 fully saturated rings. The first-order chi connectivity index (χ1) is 15.5. The van der Waals surface area contributed by atoms with Gasteiger partial charge in [-0.3, -0.25) is 14.6 Å². The van der Waals surface area contributed by atoms with Gasteiger partial charge in [0.25, 0.3) is 11.7 Å². The van der Waals surface area contributed by atoms with Crippen molar-refractivity contribution in [1.29, 1.82) is 0 Å². The lowest BCUT2D eigenvalue weighted by Crippen LogP contribution is -2.29. The minimum absolute atomic E-state index is 0.00420. The van der Waals surface area contributed by atoms with E-state index in [1.165, 1.54) is 4.90 Å². The smallest absolute Gasteiger partial charge is 0.296 e. The second kappa shape index (κ2) is 9.09. The van der Waals surface area contributed by atoms with E-state index in [0.717, 1.165) is 12.0 Å². The lowest BCUT2D eigenvalue weighted by Gasteiger charge is -2.23. The van der Waals surface area contributed by atoms with Crippen molar-refractivity contribution < 1.29 is 23.8 Å². The van der Waals surface area contributed by atoms with Crippen LogP contribution in [-0.4, -0.2) is 33.3 Å². The molecule has 1 aliphatic rings. The van der Waals surface area contributed by atoms with Gasteiger partial charge in [-0.05, 0) is 61.4 Å². The number of carbonyl (C=O) groups excluding carboxylic acids is 2. The largest absolute Gasteiger partial charge is 0.507 e. The lowest BCUT2D eigenvalue weighted by atomic mass is 9.99. The van der Waals surface area contributed by atoms with Gasteiger partial charge in [0, 0.05) is 24.5 Å². The summed E-state index contributed by atoms with van der Waals surface area (Å²) in [5.74, 6) is 0.0188. The van der Waals surface area contributed by atoms with Crippen LogP contribution >= 0.6 is 0 Å². The number of furan rings is 1. The molecule has 0 bridgehead atoms. The summed E-state index contributed by atoms with van der Waals surface area (Å²) >= 11 is 0. The number of aryl methyl sites for hydroxylation is 1. The van der Waals surface area contributed by atoms with Gasteiger partial charge in [0.1, 0.15) is 29.1 Å². The van der Waals surface area contributed by atoms with E-state index in [-0.39, 0.29) is 17.9 Å². The van der Waals surface area contributed by atoms with Crippen molar-refractivity contribution in [2.24, 2.45) is 0 Å². The van der Waals surface area contributed by atoms with Gasteiger partial charge in [-0.25, -0.2) is 0 Å². The van der Waals surface area contributed by atoms with Crippen molar-refractivity contribution in [2.75, 3.05) is 6.61 Å². The van der Waals surface area contributed by atoms with E-state index >= 15 is 0 Å². The monoisotopic (exact) mass is 432 g/mol. The molecule has 0 aliphatic carbocycles. The van der Waals surface area contributed by atoms with Gasteiger partial charge in [-0.1, -0.05) is 13.0 Å². The summed E-state index contributed by atoms with van der Waals surface area (Å²) in [6.45, 7) is 4.54. The Morgan fingerprint density at radius 1 is 1.16 bits per heavy atom. The molecule has 1 aromatic carbocycles. The first-order valence-electron chi connectivity index (χ1n) is 10.5.